The molecule has 0 N–H and O–H groups in total. The SMILES string of the molecule is CCCCO[C@@H](COC(=O)c1ccccc1)C1O[C@@H](S)[C@H](O[C@H]2O[C@H](COC(C)=O)[C@@H](OC(C)=O)C(OC(C)=O)C2N=[N+]=[N-])C(OC(=O)c2ccccc2)[C@@H]1OB=BP. The number of nitrogens with zero attached hydrogens (tertiary/aromatic N) is 3. The van der Waals surface area contributed by atoms with Gasteiger partial charge in [0.15, 0.2) is 0 Å². The molecule has 316 valence electrons. The summed E-state index contributed by atoms with van der Waals surface area (Å²) in [6, 6.07) is 14.8. The van der Waals surface area contributed by atoms with Crippen LogP contribution in [0.1, 0.15) is 61.3 Å². The van der Waals surface area contributed by atoms with Gasteiger partial charge in [-0.2, -0.15) is 0 Å². The van der Waals surface area contributed by atoms with E-state index < -0.39 is 103 Å². The van der Waals surface area contributed by atoms with Crippen molar-refractivity contribution in [2.75, 3.05) is 19.8 Å². The minimum absolute atomic E-state index is 0.166. The van der Waals surface area contributed by atoms with Gasteiger partial charge in [0.2, 0.25) is 0 Å². The first-order valence-electron chi connectivity index (χ1n) is 18.7. The molecule has 0 aliphatic carbocycles. The Labute approximate surface area is 349 Å². The van der Waals surface area contributed by atoms with Crippen molar-refractivity contribution >= 4 is 65.1 Å². The maximum absolute atomic E-state index is 13.8. The average molecular weight is 857 g/mol. The fraction of sp³-hybridized carbons (Fsp3) is 0.541. The number of unbranched alkanes of at least 4 members (excludes halogenated alkanes) is 1. The van der Waals surface area contributed by atoms with Gasteiger partial charge in [-0.15, -0.1) is 0 Å². The fourth-order valence-corrected chi connectivity index (χ4v) is 6.73. The van der Waals surface area contributed by atoms with E-state index in [1.807, 2.05) is 6.92 Å². The number of benzene rings is 2. The van der Waals surface area contributed by atoms with E-state index in [2.05, 4.69) is 19.1 Å². The first kappa shape index (κ1) is 47.3. The molecule has 22 heteroatoms. The van der Waals surface area contributed by atoms with Gasteiger partial charge >= 0.3 is 351 Å². The zero-order chi connectivity index (χ0) is 42.9. The molecule has 2 saturated heterocycles. The molecule has 0 aromatic heterocycles. The molecular weight excluding hydrogens is 811 g/mol. The topological polar surface area (TPSA) is 226 Å². The maximum atomic E-state index is 13.8. The quantitative estimate of drug-likeness (QED) is 0.0245. The Kier molecular flexibility index (Phi) is 19.3. The molecule has 2 aromatic carbocycles. The second kappa shape index (κ2) is 24.0. The molecule has 0 spiro atoms. The number of thiol groups is 1. The van der Waals surface area contributed by atoms with Gasteiger partial charge in [0.05, 0.1) is 0 Å². The van der Waals surface area contributed by atoms with E-state index >= 15 is 0 Å². The summed E-state index contributed by atoms with van der Waals surface area (Å²) in [5.41, 5.74) is 8.84. The third-order valence-electron chi connectivity index (χ3n) is 8.85. The fourth-order valence-electron chi connectivity index (χ4n) is 6.25. The van der Waals surface area contributed by atoms with Crippen LogP contribution in [0.25, 0.3) is 10.4 Å². The van der Waals surface area contributed by atoms with E-state index in [1.54, 1.807) is 48.5 Å². The molecule has 0 saturated carbocycles. The van der Waals surface area contributed by atoms with Crippen molar-refractivity contribution in [1.29, 1.82) is 0 Å². The van der Waals surface area contributed by atoms with E-state index in [9.17, 15) is 29.5 Å². The minimum atomic E-state index is -1.68. The summed E-state index contributed by atoms with van der Waals surface area (Å²) in [5, 5.41) is 3.80. The number of azide groups is 1. The Balaban J connectivity index is 1.79. The van der Waals surface area contributed by atoms with Gasteiger partial charge in [-0.05, 0) is 0 Å². The number of hydrogen-bond acceptors (Lipinski definition) is 17. The summed E-state index contributed by atoms with van der Waals surface area (Å²) in [6.45, 7) is 6.19. The monoisotopic (exact) mass is 857 g/mol. The van der Waals surface area contributed by atoms with Gasteiger partial charge < -0.3 is 0 Å². The zero-order valence-corrected chi connectivity index (χ0v) is 34.9. The summed E-state index contributed by atoms with van der Waals surface area (Å²) in [4.78, 5) is 66.4. The molecule has 2 heterocycles. The molecule has 0 radical (unpaired) electrons. The molecule has 4 rings (SSSR count). The molecule has 2 aliphatic heterocycles. The van der Waals surface area contributed by atoms with Crippen LogP contribution in [0.4, 0.5) is 0 Å². The molecule has 2 fully saturated rings. The first-order chi connectivity index (χ1) is 28.4. The number of ether oxygens (including phenoxy) is 9. The first-order valence-corrected chi connectivity index (χ1v) is 19.8. The summed E-state index contributed by atoms with van der Waals surface area (Å²) in [7, 11) is 3.66. The third-order valence-corrected chi connectivity index (χ3v) is 9.42. The Morgan fingerprint density at radius 1 is 0.831 bits per heavy atom. The van der Waals surface area contributed by atoms with Crippen LogP contribution in [-0.4, -0.2) is 130 Å². The average Bonchev–Trinajstić information content (AvgIpc) is 3.21. The Morgan fingerprint density at radius 3 is 2.03 bits per heavy atom. The zero-order valence-electron chi connectivity index (χ0n) is 32.8. The second-order valence-electron chi connectivity index (χ2n) is 13.2. The third kappa shape index (κ3) is 13.9. The van der Waals surface area contributed by atoms with E-state index in [0.29, 0.717) is 12.0 Å². The molecule has 12 atom stereocenters. The summed E-state index contributed by atoms with van der Waals surface area (Å²) >= 11 is 4.74. The van der Waals surface area contributed by atoms with Crippen LogP contribution in [0.5, 0.6) is 0 Å². The normalized spacial score (nSPS) is 26.7. The van der Waals surface area contributed by atoms with Gasteiger partial charge in [0.25, 0.3) is 0 Å². The predicted molar refractivity (Wildman–Crippen MR) is 215 cm³/mol. The number of rotatable bonds is 19. The second-order valence-corrected chi connectivity index (χ2v) is 14.1. The summed E-state index contributed by atoms with van der Waals surface area (Å²) < 4.78 is 59.6. The van der Waals surface area contributed by atoms with Crippen LogP contribution < -0.4 is 0 Å². The molecule has 0 bridgehead atoms. The van der Waals surface area contributed by atoms with Crippen molar-refractivity contribution in [3.63, 3.8) is 0 Å². The van der Waals surface area contributed by atoms with Gasteiger partial charge in [-0.1, -0.05) is 0 Å². The molecule has 59 heavy (non-hydrogen) atoms. The molecule has 2 aliphatic rings. The van der Waals surface area contributed by atoms with Crippen LogP contribution in [-0.2, 0) is 61.7 Å². The van der Waals surface area contributed by atoms with Crippen LogP contribution >= 0.6 is 21.7 Å². The number of hydrogen-bond donors (Lipinski definition) is 1. The van der Waals surface area contributed by atoms with Crippen molar-refractivity contribution in [1.82, 2.24) is 0 Å². The molecule has 0 amide bonds. The van der Waals surface area contributed by atoms with E-state index in [1.165, 1.54) is 25.7 Å². The summed E-state index contributed by atoms with van der Waals surface area (Å²) in [5.74, 6) is -3.80. The van der Waals surface area contributed by atoms with Crippen molar-refractivity contribution in [3.05, 3.63) is 82.2 Å². The van der Waals surface area contributed by atoms with Crippen LogP contribution in [0.3, 0.4) is 0 Å². The van der Waals surface area contributed by atoms with E-state index in [0.717, 1.165) is 27.2 Å². The number of carbonyl (C=O) groups excluding carboxylic acids is 5. The van der Waals surface area contributed by atoms with Crippen molar-refractivity contribution in [2.45, 2.75) is 107 Å². The summed E-state index contributed by atoms with van der Waals surface area (Å²) in [6.07, 6.45) is -10.9. The Bertz CT molecular complexity index is 1800. The number of esters is 5. The van der Waals surface area contributed by atoms with Crippen molar-refractivity contribution in [2.24, 2.45) is 5.11 Å². The van der Waals surface area contributed by atoms with Crippen LogP contribution in [0, 0.1) is 0 Å². The van der Waals surface area contributed by atoms with Crippen LogP contribution in [0.2, 0.25) is 0 Å². The van der Waals surface area contributed by atoms with Gasteiger partial charge in [-0.3, -0.25) is 0 Å². The van der Waals surface area contributed by atoms with Gasteiger partial charge in [-0.25, -0.2) is 0 Å². The molecule has 18 nitrogen and oxygen atoms in total. The Hall–Kier alpha value is -4.35. The van der Waals surface area contributed by atoms with Crippen molar-refractivity contribution in [3.8, 4) is 0 Å². The Morgan fingerprint density at radius 2 is 1.46 bits per heavy atom. The molecular formula is C37H46B2N3O15PS. The molecule has 2 aromatic rings. The van der Waals surface area contributed by atoms with E-state index in [-0.39, 0.29) is 18.8 Å². The van der Waals surface area contributed by atoms with Crippen molar-refractivity contribution < 1.29 is 71.3 Å². The van der Waals surface area contributed by atoms with Gasteiger partial charge in [0, 0.05) is 0 Å². The van der Waals surface area contributed by atoms with E-state index in [4.69, 9.17) is 59.9 Å². The number of carbonyl (C=O) groups is 5. The standard InChI is InChI=1S/C37H46B2N3O15PS/c1-5-6-17-48-25(18-50-34(46)23-13-9-7-10-14-23)28-32(57-38-39-58)31(54-35(47)24-15-11-8-12-16-24)33(37(59)56-28)55-36-27(41-42-40)30(52-22(4)45)29(51-21(3)44)26(53-36)19-49-20(2)43/h7-16,25-33,36-37,59H,5-6,17-19,58H2,1-4H3/t25-,26+,27?,28?,29+,30?,31?,32+,33+,36+,37-/m0/s1. The van der Waals surface area contributed by atoms with Gasteiger partial charge in [0.1, 0.15) is 0 Å². The van der Waals surface area contributed by atoms with Crippen LogP contribution in [0.15, 0.2) is 65.8 Å². The predicted octanol–water partition coefficient (Wildman–Crippen LogP) is 3.54. The molecule has 5 unspecified atom stereocenters.